The fraction of sp³-hybridized carbons (Fsp3) is 0.143. The lowest BCUT2D eigenvalue weighted by Gasteiger charge is -2.14. The first-order valence-electron chi connectivity index (χ1n) is 5.42. The van der Waals surface area contributed by atoms with Crippen LogP contribution in [0.25, 0.3) is 0 Å². The Morgan fingerprint density at radius 3 is 2.24 bits per heavy atom. The van der Waals surface area contributed by atoms with E-state index in [1.807, 2.05) is 30.3 Å². The molecule has 0 bridgehead atoms. The summed E-state index contributed by atoms with van der Waals surface area (Å²) in [5, 5.41) is 9.58. The predicted octanol–water partition coefficient (Wildman–Crippen LogP) is 4.25. The van der Waals surface area contributed by atoms with Gasteiger partial charge in [-0.3, -0.25) is 0 Å². The maximum absolute atomic E-state index is 9.27. The third kappa shape index (κ3) is 3.45. The van der Waals surface area contributed by atoms with Gasteiger partial charge in [-0.05, 0) is 29.7 Å². The molecule has 17 heavy (non-hydrogen) atoms. The molecule has 0 radical (unpaired) electrons. The Morgan fingerprint density at radius 2 is 1.65 bits per heavy atom. The van der Waals surface area contributed by atoms with E-state index in [1.54, 1.807) is 12.1 Å². The monoisotopic (exact) mass is 262 g/mol. The number of phenols is 1. The van der Waals surface area contributed by atoms with Crippen molar-refractivity contribution in [2.45, 2.75) is 11.7 Å². The van der Waals surface area contributed by atoms with Crippen molar-refractivity contribution in [3.05, 3.63) is 65.7 Å². The lowest BCUT2D eigenvalue weighted by atomic mass is 10.0. The fourth-order valence-electron chi connectivity index (χ4n) is 1.73. The summed E-state index contributed by atoms with van der Waals surface area (Å²) in [6, 6.07) is 17.7. The van der Waals surface area contributed by atoms with Crippen molar-refractivity contribution in [1.29, 1.82) is 0 Å². The second kappa shape index (κ2) is 6.03. The standard InChI is InChI=1S/C14H14OS2/c15-13-8-6-12(7-9-13)14(17-16)10-11-4-2-1-3-5-11/h1-9,14-16H,10H2. The van der Waals surface area contributed by atoms with Gasteiger partial charge in [0.1, 0.15) is 5.75 Å². The summed E-state index contributed by atoms with van der Waals surface area (Å²) in [4.78, 5) is 0. The summed E-state index contributed by atoms with van der Waals surface area (Å²) >= 11 is 4.34. The summed E-state index contributed by atoms with van der Waals surface area (Å²) in [5.74, 6) is 0.302. The molecule has 88 valence electrons. The zero-order valence-corrected chi connectivity index (χ0v) is 11.0. The molecule has 2 aromatic carbocycles. The molecule has 1 unspecified atom stereocenters. The fourth-order valence-corrected chi connectivity index (χ4v) is 2.87. The third-order valence-corrected chi connectivity index (χ3v) is 4.11. The van der Waals surface area contributed by atoms with E-state index >= 15 is 0 Å². The van der Waals surface area contributed by atoms with E-state index in [2.05, 4.69) is 23.8 Å². The smallest absolute Gasteiger partial charge is 0.115 e. The van der Waals surface area contributed by atoms with Crippen LogP contribution in [0.4, 0.5) is 0 Å². The molecule has 2 rings (SSSR count). The van der Waals surface area contributed by atoms with E-state index < -0.39 is 0 Å². The van der Waals surface area contributed by atoms with Gasteiger partial charge in [-0.2, -0.15) is 0 Å². The molecule has 0 aliphatic heterocycles. The Kier molecular flexibility index (Phi) is 4.40. The highest BCUT2D eigenvalue weighted by atomic mass is 33.1. The number of rotatable bonds is 4. The number of hydrogen-bond donors (Lipinski definition) is 2. The molecule has 0 amide bonds. The topological polar surface area (TPSA) is 20.2 Å². The van der Waals surface area contributed by atoms with Crippen LogP contribution in [-0.4, -0.2) is 5.11 Å². The second-order valence-corrected chi connectivity index (χ2v) is 5.29. The highest BCUT2D eigenvalue weighted by molar-refractivity contribution is 8.68. The summed E-state index contributed by atoms with van der Waals surface area (Å²) in [7, 11) is 1.54. The molecule has 0 saturated carbocycles. The first-order valence-corrected chi connectivity index (χ1v) is 7.36. The van der Waals surface area contributed by atoms with Crippen LogP contribution in [0, 0.1) is 0 Å². The number of thiol groups is 1. The number of aromatic hydroxyl groups is 1. The first-order chi connectivity index (χ1) is 8.29. The van der Waals surface area contributed by atoms with Crippen molar-refractivity contribution >= 4 is 22.5 Å². The largest absolute Gasteiger partial charge is 0.508 e. The molecule has 0 aliphatic carbocycles. The van der Waals surface area contributed by atoms with Gasteiger partial charge in [-0.25, -0.2) is 0 Å². The molecule has 3 heteroatoms. The zero-order valence-electron chi connectivity index (χ0n) is 9.28. The van der Waals surface area contributed by atoms with Crippen LogP contribution in [0.15, 0.2) is 54.6 Å². The van der Waals surface area contributed by atoms with E-state index in [0.717, 1.165) is 6.42 Å². The minimum absolute atomic E-state index is 0.302. The Bertz CT molecular complexity index is 453. The van der Waals surface area contributed by atoms with Crippen LogP contribution in [0.1, 0.15) is 16.4 Å². The Hall–Kier alpha value is -1.06. The highest BCUT2D eigenvalue weighted by Crippen LogP contribution is 2.35. The van der Waals surface area contributed by atoms with Crippen LogP contribution in [-0.2, 0) is 6.42 Å². The van der Waals surface area contributed by atoms with E-state index in [-0.39, 0.29) is 0 Å². The van der Waals surface area contributed by atoms with E-state index in [9.17, 15) is 5.11 Å². The maximum Gasteiger partial charge on any atom is 0.115 e. The Balaban J connectivity index is 2.14. The maximum atomic E-state index is 9.27. The minimum atomic E-state index is 0.302. The summed E-state index contributed by atoms with van der Waals surface area (Å²) in [6.45, 7) is 0. The molecule has 1 atom stereocenters. The summed E-state index contributed by atoms with van der Waals surface area (Å²) in [6.07, 6.45) is 0.944. The van der Waals surface area contributed by atoms with Crippen molar-refractivity contribution < 1.29 is 5.11 Å². The average molecular weight is 262 g/mol. The molecule has 0 aromatic heterocycles. The third-order valence-electron chi connectivity index (χ3n) is 2.66. The van der Waals surface area contributed by atoms with E-state index in [4.69, 9.17) is 0 Å². The summed E-state index contributed by atoms with van der Waals surface area (Å²) in [5.41, 5.74) is 2.48. The molecule has 0 aliphatic rings. The van der Waals surface area contributed by atoms with Gasteiger partial charge in [0.05, 0.1) is 0 Å². The van der Waals surface area contributed by atoms with Crippen LogP contribution in [0.2, 0.25) is 0 Å². The van der Waals surface area contributed by atoms with Crippen LogP contribution in [0.5, 0.6) is 5.75 Å². The lowest BCUT2D eigenvalue weighted by molar-refractivity contribution is 0.475. The van der Waals surface area contributed by atoms with Gasteiger partial charge >= 0.3 is 0 Å². The van der Waals surface area contributed by atoms with Crippen molar-refractivity contribution in [2.75, 3.05) is 0 Å². The highest BCUT2D eigenvalue weighted by Gasteiger charge is 2.11. The van der Waals surface area contributed by atoms with Gasteiger partial charge < -0.3 is 5.11 Å². The van der Waals surface area contributed by atoms with Crippen LogP contribution < -0.4 is 0 Å². The second-order valence-electron chi connectivity index (χ2n) is 3.88. The van der Waals surface area contributed by atoms with Gasteiger partial charge in [0.25, 0.3) is 0 Å². The summed E-state index contributed by atoms with van der Waals surface area (Å²) < 4.78 is 0. The quantitative estimate of drug-likeness (QED) is 0.634. The molecule has 0 saturated heterocycles. The van der Waals surface area contributed by atoms with E-state index in [1.165, 1.54) is 21.9 Å². The zero-order chi connectivity index (χ0) is 12.1. The SMILES string of the molecule is Oc1ccc(C(Cc2ccccc2)SS)cc1. The molecule has 0 heterocycles. The average Bonchev–Trinajstić information content (AvgIpc) is 2.38. The first kappa shape index (κ1) is 12.4. The molecule has 0 spiro atoms. The number of hydrogen-bond acceptors (Lipinski definition) is 3. The normalized spacial score (nSPS) is 12.3. The predicted molar refractivity (Wildman–Crippen MR) is 77.6 cm³/mol. The molecular formula is C14H14OS2. The molecular weight excluding hydrogens is 248 g/mol. The molecule has 1 nitrogen and oxygen atoms in total. The van der Waals surface area contributed by atoms with Gasteiger partial charge in [-0.15, -0.1) is 11.7 Å². The van der Waals surface area contributed by atoms with Gasteiger partial charge in [0.15, 0.2) is 0 Å². The van der Waals surface area contributed by atoms with Crippen molar-refractivity contribution in [2.24, 2.45) is 0 Å². The molecule has 1 N–H and O–H groups in total. The Morgan fingerprint density at radius 1 is 1.00 bits per heavy atom. The van der Waals surface area contributed by atoms with Gasteiger partial charge in [-0.1, -0.05) is 53.3 Å². The Labute approximate surface area is 111 Å². The van der Waals surface area contributed by atoms with Crippen LogP contribution >= 0.6 is 22.5 Å². The van der Waals surface area contributed by atoms with Gasteiger partial charge in [0.2, 0.25) is 0 Å². The van der Waals surface area contributed by atoms with Gasteiger partial charge in [0, 0.05) is 5.25 Å². The van der Waals surface area contributed by atoms with E-state index in [0.29, 0.717) is 11.0 Å². The molecule has 0 fully saturated rings. The van der Waals surface area contributed by atoms with Crippen molar-refractivity contribution in [3.8, 4) is 5.75 Å². The number of benzene rings is 2. The minimum Gasteiger partial charge on any atom is -0.508 e. The van der Waals surface area contributed by atoms with Crippen molar-refractivity contribution in [3.63, 3.8) is 0 Å². The molecule has 2 aromatic rings. The van der Waals surface area contributed by atoms with Crippen molar-refractivity contribution in [1.82, 2.24) is 0 Å². The van der Waals surface area contributed by atoms with Crippen LogP contribution in [0.3, 0.4) is 0 Å². The lowest BCUT2D eigenvalue weighted by Crippen LogP contribution is -1.97. The number of phenolic OH excluding ortho intramolecular Hbond substituents is 1.